The van der Waals surface area contributed by atoms with Crippen LogP contribution in [0, 0.1) is 13.8 Å². The van der Waals surface area contributed by atoms with Crippen molar-refractivity contribution in [3.05, 3.63) is 56.4 Å². The maximum absolute atomic E-state index is 12.4. The van der Waals surface area contributed by atoms with Crippen LogP contribution in [0.15, 0.2) is 34.0 Å². The van der Waals surface area contributed by atoms with Crippen LogP contribution in [0.3, 0.4) is 0 Å². The van der Waals surface area contributed by atoms with Crippen molar-refractivity contribution in [2.24, 2.45) is 0 Å². The molecule has 2 heterocycles. The Morgan fingerprint density at radius 3 is 2.63 bits per heavy atom. The second-order valence-corrected chi connectivity index (χ2v) is 10.5. The number of fused-ring (bicyclic) bond motifs is 1. The summed E-state index contributed by atoms with van der Waals surface area (Å²) in [6, 6.07) is 6.57. The molecule has 0 aliphatic carbocycles. The molecule has 1 aromatic carbocycles. The molecular formula is C20H24N4O4S2. The highest BCUT2D eigenvalue weighted by Gasteiger charge is 2.21. The third-order valence-corrected chi connectivity index (χ3v) is 7.90. The zero-order valence-corrected chi connectivity index (χ0v) is 18.9. The molecule has 0 fully saturated rings. The van der Waals surface area contributed by atoms with Crippen molar-refractivity contribution in [1.82, 2.24) is 19.6 Å². The zero-order chi connectivity index (χ0) is 22.1. The van der Waals surface area contributed by atoms with E-state index >= 15 is 0 Å². The molecule has 1 amide bonds. The lowest BCUT2D eigenvalue weighted by molar-refractivity contribution is -0.121. The van der Waals surface area contributed by atoms with Gasteiger partial charge in [0.15, 0.2) is 0 Å². The molecular weight excluding hydrogens is 424 g/mol. The fourth-order valence-corrected chi connectivity index (χ4v) is 5.19. The standard InChI is InChI=1S/C20H24N4O4S2/c1-12-13(2)29-20-18(12)19(26)22-16(23-20)9-10-17(25)21-11-14-7-5-6-8-15(14)30(27,28)24(3)4/h5-8H,9-11H2,1-4H3,(H,21,25)(H,22,23,26). The molecule has 2 aromatic heterocycles. The molecule has 0 saturated heterocycles. The van der Waals surface area contributed by atoms with E-state index in [1.54, 1.807) is 18.2 Å². The van der Waals surface area contributed by atoms with Gasteiger partial charge in [-0.05, 0) is 31.0 Å². The number of nitrogens with one attached hydrogen (secondary N) is 2. The molecule has 0 unspecified atom stereocenters. The Bertz CT molecular complexity index is 1260. The van der Waals surface area contributed by atoms with E-state index in [2.05, 4.69) is 15.3 Å². The van der Waals surface area contributed by atoms with Crippen LogP contribution >= 0.6 is 11.3 Å². The second kappa shape index (κ2) is 8.66. The number of carbonyl (C=O) groups is 1. The Labute approximate surface area is 179 Å². The SMILES string of the molecule is Cc1sc2nc(CCC(=O)NCc3ccccc3S(=O)(=O)N(C)C)[nH]c(=O)c2c1C. The van der Waals surface area contributed by atoms with Crippen molar-refractivity contribution in [3.8, 4) is 0 Å². The number of sulfonamides is 1. The van der Waals surface area contributed by atoms with Crippen molar-refractivity contribution in [1.29, 1.82) is 0 Å². The Morgan fingerprint density at radius 2 is 1.93 bits per heavy atom. The van der Waals surface area contributed by atoms with Crippen LogP contribution in [0.25, 0.3) is 10.2 Å². The van der Waals surface area contributed by atoms with Gasteiger partial charge in [-0.25, -0.2) is 17.7 Å². The summed E-state index contributed by atoms with van der Waals surface area (Å²) in [7, 11) is -0.676. The van der Waals surface area contributed by atoms with Gasteiger partial charge in [0.2, 0.25) is 15.9 Å². The lowest BCUT2D eigenvalue weighted by atomic mass is 10.2. The third kappa shape index (κ3) is 4.45. The minimum Gasteiger partial charge on any atom is -0.352 e. The number of hydrogen-bond acceptors (Lipinski definition) is 6. The Morgan fingerprint density at radius 1 is 1.23 bits per heavy atom. The molecule has 3 aromatic rings. The van der Waals surface area contributed by atoms with Gasteiger partial charge in [-0.1, -0.05) is 18.2 Å². The van der Waals surface area contributed by atoms with Crippen LogP contribution in [0.4, 0.5) is 0 Å². The van der Waals surface area contributed by atoms with Crippen molar-refractivity contribution in [3.63, 3.8) is 0 Å². The minimum absolute atomic E-state index is 0.0916. The number of aromatic nitrogens is 2. The predicted molar refractivity (Wildman–Crippen MR) is 117 cm³/mol. The summed E-state index contributed by atoms with van der Waals surface area (Å²) in [6.07, 6.45) is 0.408. The monoisotopic (exact) mass is 448 g/mol. The fraction of sp³-hybridized carbons (Fsp3) is 0.350. The molecule has 3 rings (SSSR count). The molecule has 0 aliphatic rings. The molecule has 160 valence electrons. The fourth-order valence-electron chi connectivity index (χ4n) is 3.03. The number of H-pyrrole nitrogens is 1. The van der Waals surface area contributed by atoms with E-state index < -0.39 is 10.0 Å². The number of amides is 1. The van der Waals surface area contributed by atoms with E-state index in [0.29, 0.717) is 21.6 Å². The molecule has 0 bridgehead atoms. The summed E-state index contributed by atoms with van der Waals surface area (Å²) in [6.45, 7) is 3.93. The number of thiophene rings is 1. The average molecular weight is 449 g/mol. The first kappa shape index (κ1) is 22.1. The van der Waals surface area contributed by atoms with E-state index in [1.165, 1.54) is 31.5 Å². The number of aryl methyl sites for hydroxylation is 3. The van der Waals surface area contributed by atoms with Gasteiger partial charge in [0.25, 0.3) is 5.56 Å². The summed E-state index contributed by atoms with van der Waals surface area (Å²) in [4.78, 5) is 33.7. The van der Waals surface area contributed by atoms with Gasteiger partial charge < -0.3 is 10.3 Å². The van der Waals surface area contributed by atoms with Crippen LogP contribution in [-0.4, -0.2) is 42.7 Å². The number of benzene rings is 1. The quantitative estimate of drug-likeness (QED) is 0.575. The summed E-state index contributed by atoms with van der Waals surface area (Å²) in [5.74, 6) is 0.202. The van der Waals surface area contributed by atoms with Crippen molar-refractivity contribution >= 4 is 37.5 Å². The first-order chi connectivity index (χ1) is 14.1. The Hall–Kier alpha value is -2.56. The van der Waals surface area contributed by atoms with Crippen LogP contribution in [0.2, 0.25) is 0 Å². The topological polar surface area (TPSA) is 112 Å². The van der Waals surface area contributed by atoms with E-state index in [4.69, 9.17) is 0 Å². The van der Waals surface area contributed by atoms with E-state index in [0.717, 1.165) is 14.7 Å². The summed E-state index contributed by atoms with van der Waals surface area (Å²) in [5.41, 5.74) is 1.25. The van der Waals surface area contributed by atoms with E-state index in [1.807, 2.05) is 13.8 Å². The highest BCUT2D eigenvalue weighted by Crippen LogP contribution is 2.25. The molecule has 2 N–H and O–H groups in total. The van der Waals surface area contributed by atoms with Crippen molar-refractivity contribution in [2.75, 3.05) is 14.1 Å². The normalized spacial score (nSPS) is 11.9. The zero-order valence-electron chi connectivity index (χ0n) is 17.3. The van der Waals surface area contributed by atoms with Crippen LogP contribution in [0.1, 0.15) is 28.2 Å². The van der Waals surface area contributed by atoms with Crippen LogP contribution < -0.4 is 10.9 Å². The summed E-state index contributed by atoms with van der Waals surface area (Å²) >= 11 is 1.46. The van der Waals surface area contributed by atoms with Gasteiger partial charge in [0, 0.05) is 38.4 Å². The number of carbonyl (C=O) groups excluding carboxylic acids is 1. The molecule has 0 atom stereocenters. The molecule has 30 heavy (non-hydrogen) atoms. The van der Waals surface area contributed by atoms with Crippen LogP contribution in [-0.2, 0) is 27.8 Å². The first-order valence-electron chi connectivity index (χ1n) is 9.37. The van der Waals surface area contributed by atoms with Gasteiger partial charge in [-0.15, -0.1) is 11.3 Å². The average Bonchev–Trinajstić information content (AvgIpc) is 2.98. The molecule has 0 radical (unpaired) electrons. The van der Waals surface area contributed by atoms with Gasteiger partial charge >= 0.3 is 0 Å². The minimum atomic E-state index is -3.60. The number of nitrogens with zero attached hydrogens (tertiary/aromatic N) is 2. The molecule has 0 aliphatic heterocycles. The molecule has 0 spiro atoms. The predicted octanol–water partition coefficient (Wildman–Crippen LogP) is 2.10. The lowest BCUT2D eigenvalue weighted by Gasteiger charge is -2.15. The van der Waals surface area contributed by atoms with E-state index in [-0.39, 0.29) is 35.7 Å². The van der Waals surface area contributed by atoms with Gasteiger partial charge in [0.05, 0.1) is 10.3 Å². The summed E-state index contributed by atoms with van der Waals surface area (Å²) in [5, 5.41) is 3.35. The Balaban J connectivity index is 1.67. The highest BCUT2D eigenvalue weighted by atomic mass is 32.2. The molecule has 0 saturated carbocycles. The summed E-state index contributed by atoms with van der Waals surface area (Å²) < 4.78 is 26.0. The van der Waals surface area contributed by atoms with Gasteiger partial charge in [0.1, 0.15) is 10.7 Å². The first-order valence-corrected chi connectivity index (χ1v) is 11.6. The smallest absolute Gasteiger partial charge is 0.259 e. The third-order valence-electron chi connectivity index (χ3n) is 4.88. The van der Waals surface area contributed by atoms with Crippen molar-refractivity contribution in [2.45, 2.75) is 38.1 Å². The maximum Gasteiger partial charge on any atom is 0.259 e. The highest BCUT2D eigenvalue weighted by molar-refractivity contribution is 7.89. The second-order valence-electron chi connectivity index (χ2n) is 7.15. The van der Waals surface area contributed by atoms with Gasteiger partial charge in [-0.2, -0.15) is 0 Å². The van der Waals surface area contributed by atoms with Gasteiger partial charge in [-0.3, -0.25) is 9.59 Å². The number of rotatable bonds is 7. The van der Waals surface area contributed by atoms with E-state index in [9.17, 15) is 18.0 Å². The molecule has 8 nitrogen and oxygen atoms in total. The number of aromatic amines is 1. The van der Waals surface area contributed by atoms with Crippen LogP contribution in [0.5, 0.6) is 0 Å². The Kier molecular flexibility index (Phi) is 6.39. The van der Waals surface area contributed by atoms with Crippen molar-refractivity contribution < 1.29 is 13.2 Å². The lowest BCUT2D eigenvalue weighted by Crippen LogP contribution is -2.27. The number of hydrogen-bond donors (Lipinski definition) is 2. The largest absolute Gasteiger partial charge is 0.352 e. The molecule has 10 heteroatoms. The maximum atomic E-state index is 12.4.